The van der Waals surface area contributed by atoms with Crippen LogP contribution in [0.2, 0.25) is 0 Å². The van der Waals surface area contributed by atoms with Crippen molar-refractivity contribution in [1.82, 2.24) is 5.32 Å². The van der Waals surface area contributed by atoms with Crippen LogP contribution in [0.5, 0.6) is 0 Å². The summed E-state index contributed by atoms with van der Waals surface area (Å²) in [6.45, 7) is 1.52. The lowest BCUT2D eigenvalue weighted by Gasteiger charge is -1.99. The maximum Gasteiger partial charge on any atom is 0.261 e. The van der Waals surface area contributed by atoms with E-state index in [1.54, 1.807) is 12.1 Å². The molecule has 13 heavy (non-hydrogen) atoms. The van der Waals surface area contributed by atoms with Crippen LogP contribution in [0, 0.1) is 0 Å². The van der Waals surface area contributed by atoms with E-state index in [9.17, 15) is 8.42 Å². The van der Waals surface area contributed by atoms with Gasteiger partial charge in [-0.1, -0.05) is 6.07 Å². The first-order chi connectivity index (χ1) is 6.07. The summed E-state index contributed by atoms with van der Waals surface area (Å²) >= 11 is 0. The maximum absolute atomic E-state index is 11.0. The Hall–Kier alpha value is -0.580. The maximum atomic E-state index is 11.0. The Morgan fingerprint density at radius 2 is 1.92 bits per heavy atom. The van der Waals surface area contributed by atoms with Crippen molar-refractivity contribution in [1.29, 1.82) is 0 Å². The van der Waals surface area contributed by atoms with Crippen molar-refractivity contribution in [2.45, 2.75) is 18.0 Å². The lowest BCUT2D eigenvalue weighted by atomic mass is 10.1. The van der Waals surface area contributed by atoms with Crippen LogP contribution in [0.25, 0.3) is 0 Å². The molecule has 1 aliphatic rings. The summed E-state index contributed by atoms with van der Waals surface area (Å²) in [5.74, 6) is 0. The normalized spacial score (nSPS) is 15.8. The van der Waals surface area contributed by atoms with Gasteiger partial charge in [-0.25, -0.2) is 8.42 Å². The zero-order valence-corrected chi connectivity index (χ0v) is 8.32. The average molecular weight is 218 g/mol. The third-order valence-corrected chi connectivity index (χ3v) is 3.44. The van der Waals surface area contributed by atoms with Crippen LogP contribution < -0.4 is 5.32 Å². The van der Waals surface area contributed by atoms with Crippen LogP contribution in [0.4, 0.5) is 0 Å². The third kappa shape index (κ3) is 1.70. The molecule has 0 aliphatic carbocycles. The van der Waals surface area contributed by atoms with E-state index in [0.717, 1.165) is 24.2 Å². The number of fused-ring (bicyclic) bond motifs is 1. The van der Waals surface area contributed by atoms with Gasteiger partial charge in [0.25, 0.3) is 9.05 Å². The molecule has 1 heterocycles. The van der Waals surface area contributed by atoms with Crippen molar-refractivity contribution in [3.05, 3.63) is 29.3 Å². The molecule has 1 aromatic rings. The Balaban J connectivity index is 2.54. The monoisotopic (exact) mass is 217 g/mol. The number of halogens is 1. The van der Waals surface area contributed by atoms with Crippen LogP contribution in [-0.2, 0) is 22.1 Å². The van der Waals surface area contributed by atoms with E-state index in [4.69, 9.17) is 10.7 Å². The zero-order valence-electron chi connectivity index (χ0n) is 6.75. The van der Waals surface area contributed by atoms with Gasteiger partial charge in [-0.05, 0) is 23.3 Å². The number of benzene rings is 1. The second-order valence-electron chi connectivity index (χ2n) is 2.97. The number of rotatable bonds is 1. The molecule has 70 valence electrons. The first-order valence-corrected chi connectivity index (χ1v) is 6.15. The average Bonchev–Trinajstić information content (AvgIpc) is 2.47. The molecule has 5 heteroatoms. The summed E-state index contributed by atoms with van der Waals surface area (Å²) in [5, 5.41) is 3.13. The molecule has 0 saturated carbocycles. The van der Waals surface area contributed by atoms with Crippen molar-refractivity contribution in [3.8, 4) is 0 Å². The summed E-state index contributed by atoms with van der Waals surface area (Å²) < 4.78 is 22.0. The van der Waals surface area contributed by atoms with Crippen LogP contribution in [-0.4, -0.2) is 8.42 Å². The molecule has 1 N–H and O–H groups in total. The van der Waals surface area contributed by atoms with E-state index in [0.29, 0.717) is 0 Å². The molecule has 0 saturated heterocycles. The zero-order chi connectivity index (χ0) is 9.47. The molecule has 3 nitrogen and oxygen atoms in total. The minimum atomic E-state index is -3.58. The Morgan fingerprint density at radius 3 is 2.62 bits per heavy atom. The largest absolute Gasteiger partial charge is 0.309 e. The van der Waals surface area contributed by atoms with Gasteiger partial charge in [-0.2, -0.15) is 0 Å². The molecule has 0 atom stereocenters. The second kappa shape index (κ2) is 2.97. The van der Waals surface area contributed by atoms with E-state index in [-0.39, 0.29) is 4.90 Å². The van der Waals surface area contributed by atoms with Crippen molar-refractivity contribution in [2.75, 3.05) is 0 Å². The van der Waals surface area contributed by atoms with Crippen molar-refractivity contribution in [2.24, 2.45) is 0 Å². The van der Waals surface area contributed by atoms with Gasteiger partial charge in [-0.15, -0.1) is 0 Å². The van der Waals surface area contributed by atoms with Crippen molar-refractivity contribution >= 4 is 19.7 Å². The minimum Gasteiger partial charge on any atom is -0.309 e. The fourth-order valence-electron chi connectivity index (χ4n) is 1.42. The number of hydrogen-bond acceptors (Lipinski definition) is 3. The van der Waals surface area contributed by atoms with Crippen LogP contribution in [0.3, 0.4) is 0 Å². The quantitative estimate of drug-likeness (QED) is 0.720. The van der Waals surface area contributed by atoms with Gasteiger partial charge in [0, 0.05) is 23.8 Å². The molecule has 0 unspecified atom stereocenters. The summed E-state index contributed by atoms with van der Waals surface area (Å²) in [6.07, 6.45) is 0. The highest BCUT2D eigenvalue weighted by molar-refractivity contribution is 8.13. The number of nitrogens with one attached hydrogen (secondary N) is 1. The molecule has 0 aromatic heterocycles. The lowest BCUT2D eigenvalue weighted by Crippen LogP contribution is -1.99. The Bertz CT molecular complexity index is 441. The minimum absolute atomic E-state index is 0.177. The highest BCUT2D eigenvalue weighted by atomic mass is 35.7. The van der Waals surface area contributed by atoms with Crippen molar-refractivity contribution in [3.63, 3.8) is 0 Å². The highest BCUT2D eigenvalue weighted by Crippen LogP contribution is 2.22. The van der Waals surface area contributed by atoms with Gasteiger partial charge in [0.15, 0.2) is 0 Å². The van der Waals surface area contributed by atoms with Crippen LogP contribution in [0.15, 0.2) is 23.1 Å². The number of hydrogen-bond donors (Lipinski definition) is 1. The predicted molar refractivity (Wildman–Crippen MR) is 50.0 cm³/mol. The summed E-state index contributed by atoms with van der Waals surface area (Å²) in [5.41, 5.74) is 2.16. The molecule has 2 rings (SSSR count). The Morgan fingerprint density at radius 1 is 1.23 bits per heavy atom. The molecule has 0 bridgehead atoms. The lowest BCUT2D eigenvalue weighted by molar-refractivity contribution is 0.609. The fraction of sp³-hybridized carbons (Fsp3) is 0.250. The van der Waals surface area contributed by atoms with E-state index in [2.05, 4.69) is 5.32 Å². The SMILES string of the molecule is O=S(=O)(Cl)c1ccc2c(c1)CNC2. The molecule has 0 radical (unpaired) electrons. The summed E-state index contributed by atoms with van der Waals surface area (Å²) in [6, 6.07) is 4.95. The molecule has 1 aromatic carbocycles. The molecular formula is C8H8ClNO2S. The van der Waals surface area contributed by atoms with Gasteiger partial charge in [0.2, 0.25) is 0 Å². The van der Waals surface area contributed by atoms with Gasteiger partial charge >= 0.3 is 0 Å². The molecule has 0 fully saturated rings. The van der Waals surface area contributed by atoms with Gasteiger partial charge < -0.3 is 5.32 Å². The van der Waals surface area contributed by atoms with E-state index >= 15 is 0 Å². The van der Waals surface area contributed by atoms with Gasteiger partial charge in [-0.3, -0.25) is 0 Å². The molecule has 1 aliphatic heterocycles. The third-order valence-electron chi connectivity index (χ3n) is 2.09. The molecule has 0 spiro atoms. The summed E-state index contributed by atoms with van der Waals surface area (Å²) in [7, 11) is 1.63. The van der Waals surface area contributed by atoms with Gasteiger partial charge in [0.05, 0.1) is 4.90 Å². The Kier molecular flexibility index (Phi) is 2.06. The van der Waals surface area contributed by atoms with Crippen LogP contribution >= 0.6 is 10.7 Å². The smallest absolute Gasteiger partial charge is 0.261 e. The van der Waals surface area contributed by atoms with E-state index in [1.807, 2.05) is 0 Å². The van der Waals surface area contributed by atoms with Crippen molar-refractivity contribution < 1.29 is 8.42 Å². The van der Waals surface area contributed by atoms with Gasteiger partial charge in [0.1, 0.15) is 0 Å². The summed E-state index contributed by atoms with van der Waals surface area (Å²) in [4.78, 5) is 0.177. The second-order valence-corrected chi connectivity index (χ2v) is 5.54. The standard InChI is InChI=1S/C8H8ClNO2S/c9-13(11,12)8-2-1-6-4-10-5-7(6)3-8/h1-3,10H,4-5H2. The topological polar surface area (TPSA) is 46.2 Å². The highest BCUT2D eigenvalue weighted by Gasteiger charge is 2.15. The van der Waals surface area contributed by atoms with E-state index < -0.39 is 9.05 Å². The van der Waals surface area contributed by atoms with Crippen LogP contribution in [0.1, 0.15) is 11.1 Å². The Labute approximate surface area is 81.1 Å². The predicted octanol–water partition coefficient (Wildman–Crippen LogP) is 1.22. The van der Waals surface area contributed by atoms with E-state index in [1.165, 1.54) is 6.07 Å². The molecular weight excluding hydrogens is 210 g/mol. The first kappa shape index (κ1) is 8.99. The first-order valence-electron chi connectivity index (χ1n) is 3.84. The molecule has 0 amide bonds. The fourth-order valence-corrected chi connectivity index (χ4v) is 2.22.